The average Bonchev–Trinajstić information content (AvgIpc) is 3.97. The van der Waals surface area contributed by atoms with Gasteiger partial charge in [-0.15, -0.1) is 0 Å². The number of fused-ring (bicyclic) bond motifs is 15. The standard InChI is InChI=1S/C58H31BN2O/c1-3-13-32(14-4-1)34-25-26-47-42(27-34)43-28-36(33-15-5-2-6-16-33)29-45-53-55-49(31-44-39-20-9-10-24-50(39)62-58(44)53)60-48-23-12-22-41-38-19-8-7-18-37(38)40-21-11-17-35-30-46(59(55)61(47)56(43)45)57(60)54(51(35)40)52(41)48/h1-31H. The lowest BCUT2D eigenvalue weighted by atomic mass is 9.45. The summed E-state index contributed by atoms with van der Waals surface area (Å²) < 4.78 is 12.5. The monoisotopic (exact) mass is 782 g/mol. The molecule has 10 aromatic carbocycles. The number of para-hydroxylation sites is 1. The Labute approximate surface area is 355 Å². The lowest BCUT2D eigenvalue weighted by molar-refractivity contribution is 0.670. The van der Waals surface area contributed by atoms with Gasteiger partial charge in [-0.1, -0.05) is 146 Å². The molecule has 0 saturated heterocycles. The second-order valence-corrected chi connectivity index (χ2v) is 17.5. The molecule has 0 amide bonds. The number of rotatable bonds is 2. The van der Waals surface area contributed by atoms with Crippen LogP contribution in [0.3, 0.4) is 0 Å². The molecule has 13 aromatic rings. The molecule has 0 radical (unpaired) electrons. The van der Waals surface area contributed by atoms with E-state index in [2.05, 4.69) is 197 Å². The third-order valence-electron chi connectivity index (χ3n) is 14.6. The van der Waals surface area contributed by atoms with Crippen molar-refractivity contribution >= 4 is 94.1 Å². The Hall–Kier alpha value is -8.08. The van der Waals surface area contributed by atoms with Gasteiger partial charge in [0.2, 0.25) is 0 Å². The Morgan fingerprint density at radius 3 is 1.92 bits per heavy atom. The number of hydrogen-bond acceptors (Lipinski definition) is 1. The molecule has 0 fully saturated rings. The van der Waals surface area contributed by atoms with Gasteiger partial charge in [0, 0.05) is 60.2 Å². The average molecular weight is 783 g/mol. The number of furan rings is 1. The van der Waals surface area contributed by atoms with Crippen LogP contribution in [-0.2, 0) is 0 Å². The second-order valence-electron chi connectivity index (χ2n) is 17.5. The van der Waals surface area contributed by atoms with E-state index in [0.29, 0.717) is 0 Å². The van der Waals surface area contributed by atoms with E-state index in [1.54, 1.807) is 0 Å². The molecule has 16 rings (SSSR count). The fraction of sp³-hybridized carbons (Fsp3) is 0. The van der Waals surface area contributed by atoms with Crippen LogP contribution >= 0.6 is 0 Å². The van der Waals surface area contributed by atoms with Gasteiger partial charge in [0.15, 0.2) is 0 Å². The van der Waals surface area contributed by atoms with Gasteiger partial charge >= 0.3 is 6.85 Å². The van der Waals surface area contributed by atoms with E-state index in [-0.39, 0.29) is 6.85 Å². The number of benzene rings is 10. The smallest absolute Gasteiger partial charge is 0.333 e. The zero-order valence-corrected chi connectivity index (χ0v) is 33.3. The number of nitrogens with zero attached hydrogens (tertiary/aromatic N) is 2. The summed E-state index contributed by atoms with van der Waals surface area (Å²) in [6.45, 7) is -0.116. The molecular weight excluding hydrogens is 751 g/mol. The van der Waals surface area contributed by atoms with E-state index in [1.165, 1.54) is 127 Å². The van der Waals surface area contributed by atoms with Crippen molar-refractivity contribution in [2.24, 2.45) is 0 Å². The van der Waals surface area contributed by atoms with E-state index in [9.17, 15) is 0 Å². The van der Waals surface area contributed by atoms with Crippen molar-refractivity contribution in [3.05, 3.63) is 188 Å². The Balaban J connectivity index is 1.17. The van der Waals surface area contributed by atoms with Gasteiger partial charge in [-0.05, 0) is 109 Å². The fourth-order valence-corrected chi connectivity index (χ4v) is 12.2. The molecule has 3 aromatic heterocycles. The molecule has 0 unspecified atom stereocenters. The van der Waals surface area contributed by atoms with Crippen LogP contribution in [0.5, 0.6) is 0 Å². The molecule has 2 aliphatic heterocycles. The highest BCUT2D eigenvalue weighted by Gasteiger charge is 2.44. The molecule has 5 heterocycles. The Bertz CT molecular complexity index is 4210. The molecule has 282 valence electrons. The summed E-state index contributed by atoms with van der Waals surface area (Å²) >= 11 is 0. The third kappa shape index (κ3) is 3.69. The summed E-state index contributed by atoms with van der Waals surface area (Å²) in [6, 6.07) is 70.2. The predicted molar refractivity (Wildman–Crippen MR) is 260 cm³/mol. The van der Waals surface area contributed by atoms with Crippen molar-refractivity contribution in [3.8, 4) is 61.3 Å². The molecule has 62 heavy (non-hydrogen) atoms. The first-order valence-electron chi connectivity index (χ1n) is 21.6. The van der Waals surface area contributed by atoms with Gasteiger partial charge in [0.1, 0.15) is 11.2 Å². The van der Waals surface area contributed by atoms with Crippen molar-refractivity contribution in [1.82, 2.24) is 9.05 Å². The van der Waals surface area contributed by atoms with Crippen LogP contribution in [0.15, 0.2) is 192 Å². The van der Waals surface area contributed by atoms with Crippen LogP contribution in [0.2, 0.25) is 0 Å². The number of hydrogen-bond donors (Lipinski definition) is 0. The predicted octanol–water partition coefficient (Wildman–Crippen LogP) is 13.9. The van der Waals surface area contributed by atoms with Crippen LogP contribution in [0.1, 0.15) is 0 Å². The van der Waals surface area contributed by atoms with Crippen LogP contribution in [0, 0.1) is 0 Å². The van der Waals surface area contributed by atoms with Gasteiger partial charge in [-0.2, -0.15) is 0 Å². The van der Waals surface area contributed by atoms with Crippen LogP contribution in [0.25, 0.3) is 138 Å². The maximum Gasteiger partial charge on any atom is 0.333 e. The Morgan fingerprint density at radius 2 is 1.10 bits per heavy atom. The highest BCUT2D eigenvalue weighted by atomic mass is 16.3. The van der Waals surface area contributed by atoms with Crippen molar-refractivity contribution in [2.75, 3.05) is 0 Å². The van der Waals surface area contributed by atoms with E-state index in [4.69, 9.17) is 4.42 Å². The molecule has 0 spiro atoms. The molecule has 1 aliphatic carbocycles. The summed E-state index contributed by atoms with van der Waals surface area (Å²) in [7, 11) is 0. The molecule has 0 bridgehead atoms. The molecule has 0 atom stereocenters. The summed E-state index contributed by atoms with van der Waals surface area (Å²) in [5, 5.41) is 10.1. The van der Waals surface area contributed by atoms with Gasteiger partial charge < -0.3 is 13.5 Å². The summed E-state index contributed by atoms with van der Waals surface area (Å²) in [6.07, 6.45) is 0. The lowest BCUT2D eigenvalue weighted by Crippen LogP contribution is -2.55. The summed E-state index contributed by atoms with van der Waals surface area (Å²) in [4.78, 5) is 0. The topological polar surface area (TPSA) is 23.0 Å². The molecule has 3 nitrogen and oxygen atoms in total. The van der Waals surface area contributed by atoms with Gasteiger partial charge in [-0.25, -0.2) is 0 Å². The maximum absolute atomic E-state index is 7.13. The van der Waals surface area contributed by atoms with Crippen molar-refractivity contribution in [2.45, 2.75) is 0 Å². The molecule has 3 aliphatic rings. The van der Waals surface area contributed by atoms with Crippen molar-refractivity contribution in [1.29, 1.82) is 0 Å². The minimum Gasteiger partial charge on any atom is -0.455 e. The second kappa shape index (κ2) is 11.0. The third-order valence-corrected chi connectivity index (χ3v) is 14.6. The van der Waals surface area contributed by atoms with E-state index in [1.807, 2.05) is 0 Å². The quantitative estimate of drug-likeness (QED) is 0.160. The summed E-state index contributed by atoms with van der Waals surface area (Å²) in [5.74, 6) is 0. The van der Waals surface area contributed by atoms with Gasteiger partial charge in [0.25, 0.3) is 0 Å². The molecular formula is C58H31BN2O. The van der Waals surface area contributed by atoms with Crippen LogP contribution < -0.4 is 10.9 Å². The van der Waals surface area contributed by atoms with E-state index >= 15 is 0 Å². The van der Waals surface area contributed by atoms with Gasteiger partial charge in [0.05, 0.1) is 11.0 Å². The van der Waals surface area contributed by atoms with Gasteiger partial charge in [-0.3, -0.25) is 0 Å². The minimum absolute atomic E-state index is 0.116. The van der Waals surface area contributed by atoms with E-state index in [0.717, 1.165) is 21.9 Å². The van der Waals surface area contributed by atoms with Crippen LogP contribution in [-0.4, -0.2) is 15.9 Å². The van der Waals surface area contributed by atoms with E-state index < -0.39 is 0 Å². The molecule has 0 N–H and O–H groups in total. The lowest BCUT2D eigenvalue weighted by Gasteiger charge is -2.34. The van der Waals surface area contributed by atoms with Crippen molar-refractivity contribution < 1.29 is 4.42 Å². The van der Waals surface area contributed by atoms with Crippen LogP contribution in [0.4, 0.5) is 0 Å². The largest absolute Gasteiger partial charge is 0.455 e. The first kappa shape index (κ1) is 31.8. The minimum atomic E-state index is -0.116. The maximum atomic E-state index is 7.13. The number of aromatic nitrogens is 2. The molecule has 4 heteroatoms. The SMILES string of the molecule is c1ccc(-c2ccc3c(c2)c2cc(-c4ccccc4)cc4c2n3B2c3c(cc5c(oc6ccccc65)c3-4)-n3c4cccc5c4c4c6c(cccc6cc2c43)-c2ccccc2-5)cc1. The van der Waals surface area contributed by atoms with Crippen molar-refractivity contribution in [3.63, 3.8) is 0 Å². The zero-order chi connectivity index (χ0) is 39.9. The first-order chi connectivity index (χ1) is 30.8. The highest BCUT2D eigenvalue weighted by Crippen LogP contribution is 2.53. The zero-order valence-electron chi connectivity index (χ0n) is 33.3. The Kier molecular flexibility index (Phi) is 5.64. The first-order valence-corrected chi connectivity index (χ1v) is 21.6. The highest BCUT2D eigenvalue weighted by molar-refractivity contribution is 6.90. The fourth-order valence-electron chi connectivity index (χ4n) is 12.2. The summed E-state index contributed by atoms with van der Waals surface area (Å²) in [5.41, 5.74) is 23.2. The normalized spacial score (nSPS) is 13.1. The molecule has 0 saturated carbocycles. The Morgan fingerprint density at radius 1 is 0.403 bits per heavy atom.